The van der Waals surface area contributed by atoms with Gasteiger partial charge < -0.3 is 0 Å². The Balaban J connectivity index is 2.21. The van der Waals surface area contributed by atoms with Crippen molar-refractivity contribution in [2.75, 3.05) is 0 Å². The molecule has 0 saturated heterocycles. The molecule has 0 heterocycles. The number of carbonyl (C=O) groups excluding carboxylic acids is 1. The van der Waals surface area contributed by atoms with E-state index in [1.807, 2.05) is 6.08 Å². The van der Waals surface area contributed by atoms with Crippen molar-refractivity contribution in [3.8, 4) is 0 Å². The number of aldehydes is 1. The van der Waals surface area contributed by atoms with Crippen molar-refractivity contribution in [1.82, 2.24) is 0 Å². The molecular formula is C11H8O. The summed E-state index contributed by atoms with van der Waals surface area (Å²) in [6.45, 7) is 0. The summed E-state index contributed by atoms with van der Waals surface area (Å²) in [6, 6.07) is 0. The van der Waals surface area contributed by atoms with E-state index in [0.717, 1.165) is 24.7 Å². The molecule has 12 heavy (non-hydrogen) atoms. The van der Waals surface area contributed by atoms with E-state index < -0.39 is 0 Å². The maximum Gasteiger partial charge on any atom is 0.146 e. The molecule has 0 fully saturated rings. The molecule has 3 aliphatic carbocycles. The quantitative estimate of drug-likeness (QED) is 0.531. The fourth-order valence-electron chi connectivity index (χ4n) is 2.19. The van der Waals surface area contributed by atoms with Gasteiger partial charge in [-0.1, -0.05) is 12.2 Å². The Morgan fingerprint density at radius 2 is 2.00 bits per heavy atom. The second kappa shape index (κ2) is 1.86. The Hall–Kier alpha value is -1.37. The SMILES string of the molecule is O=CC1=CC2=C3C=CC(=C2C1)C3. The van der Waals surface area contributed by atoms with Crippen LogP contribution in [0.2, 0.25) is 0 Å². The van der Waals surface area contributed by atoms with Crippen molar-refractivity contribution >= 4 is 6.29 Å². The maximum atomic E-state index is 10.5. The number of allylic oxidation sites excluding steroid dienone is 8. The Labute approximate surface area is 70.8 Å². The topological polar surface area (TPSA) is 17.1 Å². The standard InChI is InChI=1S/C11H8O/c12-6-7-3-10-8-1-2-9(5-8)11(10)4-7/h1-3,6H,4-5H2. The molecule has 0 aromatic carbocycles. The molecule has 0 aliphatic heterocycles. The monoisotopic (exact) mass is 156 g/mol. The van der Waals surface area contributed by atoms with Crippen LogP contribution in [0.25, 0.3) is 0 Å². The Morgan fingerprint density at radius 3 is 2.75 bits per heavy atom. The lowest BCUT2D eigenvalue weighted by Gasteiger charge is -1.99. The summed E-state index contributed by atoms with van der Waals surface area (Å²) < 4.78 is 0. The van der Waals surface area contributed by atoms with Crippen molar-refractivity contribution in [2.24, 2.45) is 0 Å². The van der Waals surface area contributed by atoms with Gasteiger partial charge in [0.25, 0.3) is 0 Å². The van der Waals surface area contributed by atoms with Crippen LogP contribution in [0.4, 0.5) is 0 Å². The molecule has 0 aromatic rings. The molecule has 1 heteroatoms. The molecule has 0 spiro atoms. The number of hydrogen-bond acceptors (Lipinski definition) is 1. The molecule has 0 aromatic heterocycles. The van der Waals surface area contributed by atoms with Gasteiger partial charge in [0.15, 0.2) is 0 Å². The van der Waals surface area contributed by atoms with Crippen LogP contribution < -0.4 is 0 Å². The summed E-state index contributed by atoms with van der Waals surface area (Å²) in [6.07, 6.45) is 9.32. The molecule has 0 N–H and O–H groups in total. The number of carbonyl (C=O) groups is 1. The molecule has 2 bridgehead atoms. The predicted octanol–water partition coefficient (Wildman–Crippen LogP) is 2.08. The van der Waals surface area contributed by atoms with E-state index in [-0.39, 0.29) is 0 Å². The van der Waals surface area contributed by atoms with Gasteiger partial charge in [0, 0.05) is 6.42 Å². The van der Waals surface area contributed by atoms with Gasteiger partial charge in [-0.3, -0.25) is 4.79 Å². The minimum atomic E-state index is 0.863. The van der Waals surface area contributed by atoms with Gasteiger partial charge >= 0.3 is 0 Å². The summed E-state index contributed by atoms with van der Waals surface area (Å²) in [7, 11) is 0. The van der Waals surface area contributed by atoms with Gasteiger partial charge in [-0.2, -0.15) is 0 Å². The molecule has 3 rings (SSSR count). The summed E-state index contributed by atoms with van der Waals surface area (Å²) in [4.78, 5) is 10.5. The molecular weight excluding hydrogens is 148 g/mol. The molecule has 0 saturated carbocycles. The Morgan fingerprint density at radius 1 is 1.17 bits per heavy atom. The summed E-state index contributed by atoms with van der Waals surface area (Å²) >= 11 is 0. The third-order valence-corrected chi connectivity index (χ3v) is 2.79. The molecule has 58 valence electrons. The number of rotatable bonds is 1. The summed E-state index contributed by atoms with van der Waals surface area (Å²) in [5, 5.41) is 0. The van der Waals surface area contributed by atoms with Crippen LogP contribution in [0.1, 0.15) is 12.8 Å². The van der Waals surface area contributed by atoms with Crippen molar-refractivity contribution < 1.29 is 4.79 Å². The first-order valence-electron chi connectivity index (χ1n) is 4.18. The van der Waals surface area contributed by atoms with Gasteiger partial charge in [0.1, 0.15) is 6.29 Å². The van der Waals surface area contributed by atoms with Crippen LogP contribution in [0.5, 0.6) is 0 Å². The summed E-state index contributed by atoms with van der Waals surface area (Å²) in [5.41, 5.74) is 6.48. The average Bonchev–Trinajstić information content (AvgIpc) is 2.75. The van der Waals surface area contributed by atoms with E-state index in [1.54, 1.807) is 0 Å². The van der Waals surface area contributed by atoms with Crippen molar-refractivity contribution in [2.45, 2.75) is 12.8 Å². The van der Waals surface area contributed by atoms with Gasteiger partial charge in [0.2, 0.25) is 0 Å². The van der Waals surface area contributed by atoms with Crippen molar-refractivity contribution in [3.63, 3.8) is 0 Å². The van der Waals surface area contributed by atoms with Crippen LogP contribution in [-0.2, 0) is 4.79 Å². The van der Waals surface area contributed by atoms with Gasteiger partial charge in [-0.05, 0) is 40.4 Å². The third-order valence-electron chi connectivity index (χ3n) is 2.79. The number of fused-ring (bicyclic) bond motifs is 3. The number of hydrogen-bond donors (Lipinski definition) is 0. The largest absolute Gasteiger partial charge is 0.298 e. The minimum absolute atomic E-state index is 0.863. The normalized spacial score (nSPS) is 23.8. The molecule has 0 atom stereocenters. The zero-order valence-corrected chi connectivity index (χ0v) is 6.63. The lowest BCUT2D eigenvalue weighted by Crippen LogP contribution is -1.83. The van der Waals surface area contributed by atoms with Crippen LogP contribution in [0.15, 0.2) is 46.1 Å². The second-order valence-corrected chi connectivity index (χ2v) is 3.47. The van der Waals surface area contributed by atoms with Gasteiger partial charge in [-0.15, -0.1) is 0 Å². The second-order valence-electron chi connectivity index (χ2n) is 3.47. The third kappa shape index (κ3) is 0.572. The first kappa shape index (κ1) is 6.18. The van der Waals surface area contributed by atoms with Crippen LogP contribution in [-0.4, -0.2) is 6.29 Å². The molecule has 1 nitrogen and oxygen atoms in total. The Kier molecular flexibility index (Phi) is 0.959. The zero-order valence-electron chi connectivity index (χ0n) is 6.63. The highest BCUT2D eigenvalue weighted by Gasteiger charge is 2.28. The smallest absolute Gasteiger partial charge is 0.146 e. The van der Waals surface area contributed by atoms with E-state index in [4.69, 9.17) is 0 Å². The van der Waals surface area contributed by atoms with Crippen molar-refractivity contribution in [1.29, 1.82) is 0 Å². The van der Waals surface area contributed by atoms with Crippen molar-refractivity contribution in [3.05, 3.63) is 46.1 Å². The molecule has 0 radical (unpaired) electrons. The minimum Gasteiger partial charge on any atom is -0.298 e. The molecule has 0 amide bonds. The fraction of sp³-hybridized carbons (Fsp3) is 0.182. The lowest BCUT2D eigenvalue weighted by atomic mass is 10.0. The van der Waals surface area contributed by atoms with E-state index in [9.17, 15) is 4.79 Å². The Bertz CT molecular complexity index is 403. The van der Waals surface area contributed by atoms with Gasteiger partial charge in [-0.25, -0.2) is 0 Å². The average molecular weight is 156 g/mol. The highest BCUT2D eigenvalue weighted by molar-refractivity contribution is 5.82. The van der Waals surface area contributed by atoms with E-state index >= 15 is 0 Å². The van der Waals surface area contributed by atoms with E-state index in [2.05, 4.69) is 12.2 Å². The van der Waals surface area contributed by atoms with E-state index in [0.29, 0.717) is 0 Å². The van der Waals surface area contributed by atoms with Crippen LogP contribution >= 0.6 is 0 Å². The molecule has 3 aliphatic rings. The zero-order chi connectivity index (χ0) is 8.13. The highest BCUT2D eigenvalue weighted by Crippen LogP contribution is 2.45. The fourth-order valence-corrected chi connectivity index (χ4v) is 2.19. The molecule has 0 unspecified atom stereocenters. The predicted molar refractivity (Wildman–Crippen MR) is 46.6 cm³/mol. The lowest BCUT2D eigenvalue weighted by molar-refractivity contribution is -0.104. The summed E-state index contributed by atoms with van der Waals surface area (Å²) in [5.74, 6) is 0. The van der Waals surface area contributed by atoms with Gasteiger partial charge in [0.05, 0.1) is 0 Å². The van der Waals surface area contributed by atoms with Crippen LogP contribution in [0.3, 0.4) is 0 Å². The highest BCUT2D eigenvalue weighted by atomic mass is 16.1. The van der Waals surface area contributed by atoms with Crippen LogP contribution in [0, 0.1) is 0 Å². The first-order chi connectivity index (χ1) is 5.88. The van der Waals surface area contributed by atoms with E-state index in [1.165, 1.54) is 22.3 Å². The maximum absolute atomic E-state index is 10.5. The first-order valence-corrected chi connectivity index (χ1v) is 4.18.